The van der Waals surface area contributed by atoms with Gasteiger partial charge in [0.05, 0.1) is 13.7 Å². The summed E-state index contributed by atoms with van der Waals surface area (Å²) < 4.78 is 10.9. The summed E-state index contributed by atoms with van der Waals surface area (Å²) >= 11 is 0. The highest BCUT2D eigenvalue weighted by Gasteiger charge is 2.18. The van der Waals surface area contributed by atoms with Gasteiger partial charge in [-0.05, 0) is 37.4 Å². The molecule has 0 aliphatic carbocycles. The second kappa shape index (κ2) is 5.21. The minimum atomic E-state index is 0.769. The number of unbranched alkanes of at least 4 members (excludes halogenated alkanes) is 1. The first-order valence-electron chi connectivity index (χ1n) is 5.88. The molecular weight excluding hydrogens is 202 g/mol. The average Bonchev–Trinajstić information content (AvgIpc) is 2.76. The molecule has 88 valence electrons. The number of aryl methyl sites for hydroxylation is 1. The highest BCUT2D eigenvalue weighted by atomic mass is 16.5. The zero-order chi connectivity index (χ0) is 11.4. The second-order valence-electron chi connectivity index (χ2n) is 4.13. The van der Waals surface area contributed by atoms with Crippen LogP contribution in [0.4, 0.5) is 0 Å². The summed E-state index contributed by atoms with van der Waals surface area (Å²) in [5.41, 5.74) is 8.10. The third-order valence-electron chi connectivity index (χ3n) is 2.95. The molecule has 0 spiro atoms. The van der Waals surface area contributed by atoms with Gasteiger partial charge in [-0.15, -0.1) is 0 Å². The Labute approximate surface area is 96.5 Å². The molecule has 0 fully saturated rings. The van der Waals surface area contributed by atoms with Crippen LogP contribution >= 0.6 is 0 Å². The van der Waals surface area contributed by atoms with Crippen LogP contribution in [-0.2, 0) is 12.8 Å². The number of fused-ring (bicyclic) bond motifs is 1. The van der Waals surface area contributed by atoms with Crippen molar-refractivity contribution in [3.63, 3.8) is 0 Å². The first-order chi connectivity index (χ1) is 7.85. The number of hydrogen-bond donors (Lipinski definition) is 1. The van der Waals surface area contributed by atoms with Crippen LogP contribution in [0.1, 0.15) is 24.0 Å². The first-order valence-corrected chi connectivity index (χ1v) is 5.88. The Kier molecular flexibility index (Phi) is 3.67. The lowest BCUT2D eigenvalue weighted by atomic mass is 10.0. The van der Waals surface area contributed by atoms with Gasteiger partial charge in [0.1, 0.15) is 0 Å². The van der Waals surface area contributed by atoms with Crippen LogP contribution in [0, 0.1) is 0 Å². The molecule has 2 rings (SSSR count). The molecule has 2 N–H and O–H groups in total. The first kappa shape index (κ1) is 11.3. The van der Waals surface area contributed by atoms with E-state index >= 15 is 0 Å². The predicted molar refractivity (Wildman–Crippen MR) is 64.2 cm³/mol. The highest BCUT2D eigenvalue weighted by Crippen LogP contribution is 2.36. The molecule has 0 atom stereocenters. The molecule has 3 heteroatoms. The standard InChI is InChI=1S/C13H19NO2/c1-15-12-9-10(4-2-3-6-14)8-11-5-7-16-13(11)12/h8-9H,2-7,14H2,1H3. The Morgan fingerprint density at radius 1 is 1.38 bits per heavy atom. The molecule has 1 aromatic carbocycles. The van der Waals surface area contributed by atoms with Crippen LogP contribution < -0.4 is 15.2 Å². The molecule has 16 heavy (non-hydrogen) atoms. The van der Waals surface area contributed by atoms with Gasteiger partial charge < -0.3 is 15.2 Å². The smallest absolute Gasteiger partial charge is 0.164 e. The molecule has 0 saturated heterocycles. The van der Waals surface area contributed by atoms with Crippen LogP contribution in [0.15, 0.2) is 12.1 Å². The Bertz CT molecular complexity index is 363. The number of nitrogens with two attached hydrogens (primary N) is 1. The number of ether oxygens (including phenoxy) is 2. The van der Waals surface area contributed by atoms with E-state index in [2.05, 4.69) is 12.1 Å². The van der Waals surface area contributed by atoms with Gasteiger partial charge >= 0.3 is 0 Å². The van der Waals surface area contributed by atoms with Crippen molar-refractivity contribution in [3.05, 3.63) is 23.3 Å². The van der Waals surface area contributed by atoms with Crippen LogP contribution in [0.3, 0.4) is 0 Å². The van der Waals surface area contributed by atoms with E-state index in [-0.39, 0.29) is 0 Å². The summed E-state index contributed by atoms with van der Waals surface area (Å²) in [4.78, 5) is 0. The Morgan fingerprint density at radius 2 is 2.25 bits per heavy atom. The molecule has 1 aliphatic heterocycles. The normalized spacial score (nSPS) is 13.4. The van der Waals surface area contributed by atoms with Crippen molar-refractivity contribution < 1.29 is 9.47 Å². The average molecular weight is 221 g/mol. The Hall–Kier alpha value is -1.22. The topological polar surface area (TPSA) is 44.5 Å². The summed E-state index contributed by atoms with van der Waals surface area (Å²) in [6.07, 6.45) is 4.28. The maximum absolute atomic E-state index is 5.56. The zero-order valence-corrected chi connectivity index (χ0v) is 9.79. The van der Waals surface area contributed by atoms with Crippen LogP contribution in [0.2, 0.25) is 0 Å². The fourth-order valence-electron chi connectivity index (χ4n) is 2.11. The maximum atomic E-state index is 5.56. The van der Waals surface area contributed by atoms with E-state index in [4.69, 9.17) is 15.2 Å². The van der Waals surface area contributed by atoms with Crippen LogP contribution in [-0.4, -0.2) is 20.3 Å². The number of hydrogen-bond acceptors (Lipinski definition) is 3. The molecule has 0 bridgehead atoms. The van der Waals surface area contributed by atoms with Crippen molar-refractivity contribution in [3.8, 4) is 11.5 Å². The van der Waals surface area contributed by atoms with E-state index in [9.17, 15) is 0 Å². The van der Waals surface area contributed by atoms with Crippen molar-refractivity contribution in [1.29, 1.82) is 0 Å². The number of rotatable bonds is 5. The van der Waals surface area contributed by atoms with Gasteiger partial charge in [-0.1, -0.05) is 6.07 Å². The zero-order valence-electron chi connectivity index (χ0n) is 9.79. The van der Waals surface area contributed by atoms with Crippen LogP contribution in [0.5, 0.6) is 11.5 Å². The second-order valence-corrected chi connectivity index (χ2v) is 4.13. The summed E-state index contributed by atoms with van der Waals surface area (Å²) in [6.45, 7) is 1.54. The lowest BCUT2D eigenvalue weighted by Gasteiger charge is -2.09. The van der Waals surface area contributed by atoms with E-state index in [0.717, 1.165) is 50.3 Å². The Balaban J connectivity index is 2.14. The molecule has 0 saturated carbocycles. The minimum Gasteiger partial charge on any atom is -0.493 e. The fraction of sp³-hybridized carbons (Fsp3) is 0.538. The fourth-order valence-corrected chi connectivity index (χ4v) is 2.11. The van der Waals surface area contributed by atoms with Crippen molar-refractivity contribution in [2.45, 2.75) is 25.7 Å². The van der Waals surface area contributed by atoms with Gasteiger partial charge in [0, 0.05) is 12.0 Å². The minimum absolute atomic E-state index is 0.769. The molecule has 1 aromatic rings. The molecule has 1 heterocycles. The van der Waals surface area contributed by atoms with Crippen molar-refractivity contribution >= 4 is 0 Å². The predicted octanol–water partition coefficient (Wildman–Crippen LogP) is 1.91. The molecule has 0 aromatic heterocycles. The SMILES string of the molecule is COc1cc(CCCCN)cc2c1OCC2. The largest absolute Gasteiger partial charge is 0.493 e. The van der Waals surface area contributed by atoms with E-state index in [1.54, 1.807) is 7.11 Å². The maximum Gasteiger partial charge on any atom is 0.164 e. The van der Waals surface area contributed by atoms with Gasteiger partial charge in [0.25, 0.3) is 0 Å². The highest BCUT2D eigenvalue weighted by molar-refractivity contribution is 5.51. The van der Waals surface area contributed by atoms with Gasteiger partial charge in [-0.3, -0.25) is 0 Å². The van der Waals surface area contributed by atoms with Gasteiger partial charge in [-0.25, -0.2) is 0 Å². The molecule has 0 unspecified atom stereocenters. The van der Waals surface area contributed by atoms with E-state index < -0.39 is 0 Å². The number of benzene rings is 1. The van der Waals surface area contributed by atoms with Crippen LogP contribution in [0.25, 0.3) is 0 Å². The summed E-state index contributed by atoms with van der Waals surface area (Å²) in [7, 11) is 1.70. The lowest BCUT2D eigenvalue weighted by molar-refractivity contribution is 0.326. The molecule has 0 amide bonds. The molecule has 3 nitrogen and oxygen atoms in total. The van der Waals surface area contributed by atoms with Crippen molar-refractivity contribution in [1.82, 2.24) is 0 Å². The molecular formula is C13H19NO2. The third-order valence-corrected chi connectivity index (χ3v) is 2.95. The summed E-state index contributed by atoms with van der Waals surface area (Å²) in [5.74, 6) is 1.81. The van der Waals surface area contributed by atoms with E-state index in [0.29, 0.717) is 0 Å². The third kappa shape index (κ3) is 2.30. The van der Waals surface area contributed by atoms with Crippen molar-refractivity contribution in [2.75, 3.05) is 20.3 Å². The quantitative estimate of drug-likeness (QED) is 0.772. The Morgan fingerprint density at radius 3 is 3.00 bits per heavy atom. The molecule has 1 aliphatic rings. The molecule has 0 radical (unpaired) electrons. The summed E-state index contributed by atoms with van der Waals surface area (Å²) in [5, 5.41) is 0. The van der Waals surface area contributed by atoms with Gasteiger partial charge in [0.2, 0.25) is 0 Å². The van der Waals surface area contributed by atoms with Crippen molar-refractivity contribution in [2.24, 2.45) is 5.73 Å². The van der Waals surface area contributed by atoms with E-state index in [1.807, 2.05) is 0 Å². The summed E-state index contributed by atoms with van der Waals surface area (Å²) in [6, 6.07) is 4.32. The van der Waals surface area contributed by atoms with E-state index in [1.165, 1.54) is 11.1 Å². The lowest BCUT2D eigenvalue weighted by Crippen LogP contribution is -1.99. The number of methoxy groups -OCH3 is 1. The van der Waals surface area contributed by atoms with Gasteiger partial charge in [0.15, 0.2) is 11.5 Å². The van der Waals surface area contributed by atoms with Gasteiger partial charge in [-0.2, -0.15) is 0 Å². The monoisotopic (exact) mass is 221 g/mol.